The Hall–Kier alpha value is -2.44. The van der Waals surface area contributed by atoms with Crippen molar-refractivity contribution in [3.05, 3.63) is 59.9 Å². The van der Waals surface area contributed by atoms with E-state index in [2.05, 4.69) is 15.6 Å². The lowest BCUT2D eigenvalue weighted by atomic mass is 10.1. The van der Waals surface area contributed by atoms with Crippen LogP contribution in [0.5, 0.6) is 0 Å². The van der Waals surface area contributed by atoms with Gasteiger partial charge in [0.15, 0.2) is 5.96 Å². The highest BCUT2D eigenvalue weighted by Crippen LogP contribution is 2.29. The van der Waals surface area contributed by atoms with E-state index >= 15 is 0 Å². The molecule has 4 nitrogen and oxygen atoms in total. The van der Waals surface area contributed by atoms with Crippen molar-refractivity contribution in [2.45, 2.75) is 19.3 Å². The monoisotopic (exact) mass is 324 g/mol. The Morgan fingerprint density at radius 1 is 1.13 bits per heavy atom. The number of hydrogen-bond donors (Lipinski definition) is 2. The first-order chi connectivity index (χ1) is 11.0. The maximum Gasteiger partial charge on any atom is 0.416 e. The molecule has 0 unspecified atom stereocenters. The van der Waals surface area contributed by atoms with Crippen LogP contribution >= 0.6 is 0 Å². The zero-order chi connectivity index (χ0) is 16.7. The molecule has 23 heavy (non-hydrogen) atoms. The highest BCUT2D eigenvalue weighted by molar-refractivity contribution is 5.79. The van der Waals surface area contributed by atoms with E-state index < -0.39 is 11.7 Å². The highest BCUT2D eigenvalue weighted by Gasteiger charge is 2.30. The summed E-state index contributed by atoms with van der Waals surface area (Å²) in [5.41, 5.74) is -0.0967. The molecule has 0 saturated carbocycles. The van der Waals surface area contributed by atoms with Gasteiger partial charge in [0.05, 0.1) is 5.56 Å². The van der Waals surface area contributed by atoms with E-state index in [0.717, 1.165) is 18.7 Å². The standard InChI is InChI=1S/C16H19F3N4/c1-20-15(21-7-10-23-8-2-3-9-23)22-12-13-5-4-6-14(11-13)16(17,18)19/h2-6,8-9,11H,7,10,12H2,1H3,(H2,20,21,22). The number of rotatable bonds is 5. The van der Waals surface area contributed by atoms with Crippen LogP contribution in [0.2, 0.25) is 0 Å². The summed E-state index contributed by atoms with van der Waals surface area (Å²) in [6.07, 6.45) is -0.409. The predicted octanol–water partition coefficient (Wildman–Crippen LogP) is 2.87. The summed E-state index contributed by atoms with van der Waals surface area (Å²) in [4.78, 5) is 4.06. The fraction of sp³-hybridized carbons (Fsp3) is 0.312. The Labute approximate surface area is 133 Å². The van der Waals surface area contributed by atoms with Crippen molar-refractivity contribution in [2.75, 3.05) is 13.6 Å². The average molecular weight is 324 g/mol. The van der Waals surface area contributed by atoms with Crippen molar-refractivity contribution in [1.82, 2.24) is 15.2 Å². The Balaban J connectivity index is 1.83. The number of aromatic nitrogens is 1. The Morgan fingerprint density at radius 3 is 2.52 bits per heavy atom. The first-order valence-corrected chi connectivity index (χ1v) is 7.20. The zero-order valence-corrected chi connectivity index (χ0v) is 12.8. The number of alkyl halides is 3. The molecule has 0 atom stereocenters. The number of aliphatic imine (C=N–C) groups is 1. The van der Waals surface area contributed by atoms with Crippen LogP contribution in [-0.4, -0.2) is 24.1 Å². The second kappa shape index (κ2) is 7.71. The van der Waals surface area contributed by atoms with Crippen LogP contribution in [0.3, 0.4) is 0 Å². The number of nitrogens with one attached hydrogen (secondary N) is 2. The van der Waals surface area contributed by atoms with Gasteiger partial charge in [-0.15, -0.1) is 0 Å². The van der Waals surface area contributed by atoms with E-state index in [9.17, 15) is 13.2 Å². The van der Waals surface area contributed by atoms with Gasteiger partial charge in [-0.05, 0) is 29.8 Å². The minimum absolute atomic E-state index is 0.271. The summed E-state index contributed by atoms with van der Waals surface area (Å²) in [7, 11) is 1.62. The second-order valence-electron chi connectivity index (χ2n) is 4.97. The topological polar surface area (TPSA) is 41.4 Å². The normalized spacial score (nSPS) is 12.3. The SMILES string of the molecule is CN=C(NCCn1cccc1)NCc1cccc(C(F)(F)F)c1. The van der Waals surface area contributed by atoms with Crippen molar-refractivity contribution in [3.63, 3.8) is 0 Å². The van der Waals surface area contributed by atoms with Crippen LogP contribution in [0.25, 0.3) is 0 Å². The van der Waals surface area contributed by atoms with Crippen LogP contribution in [0.4, 0.5) is 13.2 Å². The second-order valence-corrected chi connectivity index (χ2v) is 4.97. The van der Waals surface area contributed by atoms with Crippen LogP contribution < -0.4 is 10.6 Å². The number of guanidine groups is 1. The third-order valence-electron chi connectivity index (χ3n) is 3.27. The fourth-order valence-corrected chi connectivity index (χ4v) is 2.09. The molecule has 0 aliphatic rings. The Kier molecular flexibility index (Phi) is 5.67. The van der Waals surface area contributed by atoms with Crippen molar-refractivity contribution in [2.24, 2.45) is 4.99 Å². The molecule has 0 aliphatic carbocycles. The Bertz CT molecular complexity index is 633. The molecule has 0 spiro atoms. The van der Waals surface area contributed by atoms with E-state index in [0.29, 0.717) is 18.1 Å². The van der Waals surface area contributed by atoms with E-state index in [1.807, 2.05) is 29.1 Å². The van der Waals surface area contributed by atoms with Gasteiger partial charge < -0.3 is 15.2 Å². The molecule has 0 amide bonds. The number of hydrogen-bond acceptors (Lipinski definition) is 1. The maximum atomic E-state index is 12.7. The summed E-state index contributed by atoms with van der Waals surface area (Å²) in [6.45, 7) is 1.71. The lowest BCUT2D eigenvalue weighted by Gasteiger charge is -2.13. The molecule has 0 bridgehead atoms. The summed E-state index contributed by atoms with van der Waals surface area (Å²) in [5.74, 6) is 0.551. The largest absolute Gasteiger partial charge is 0.416 e. The molecule has 0 saturated heterocycles. The molecule has 0 radical (unpaired) electrons. The van der Waals surface area contributed by atoms with Crippen LogP contribution in [0.15, 0.2) is 53.8 Å². The van der Waals surface area contributed by atoms with Crippen molar-refractivity contribution in [3.8, 4) is 0 Å². The van der Waals surface area contributed by atoms with Crippen LogP contribution in [0.1, 0.15) is 11.1 Å². The van der Waals surface area contributed by atoms with Gasteiger partial charge in [-0.2, -0.15) is 13.2 Å². The van der Waals surface area contributed by atoms with E-state index in [1.165, 1.54) is 6.07 Å². The summed E-state index contributed by atoms with van der Waals surface area (Å²) >= 11 is 0. The first kappa shape index (κ1) is 16.9. The zero-order valence-electron chi connectivity index (χ0n) is 12.8. The van der Waals surface area contributed by atoms with Crippen molar-refractivity contribution >= 4 is 5.96 Å². The predicted molar refractivity (Wildman–Crippen MR) is 84.1 cm³/mol. The van der Waals surface area contributed by atoms with Gasteiger partial charge in [0, 0.05) is 39.1 Å². The maximum absolute atomic E-state index is 12.7. The smallest absolute Gasteiger partial charge is 0.355 e. The highest BCUT2D eigenvalue weighted by atomic mass is 19.4. The molecular weight excluding hydrogens is 305 g/mol. The van der Waals surface area contributed by atoms with Crippen molar-refractivity contribution < 1.29 is 13.2 Å². The molecule has 1 aromatic heterocycles. The molecule has 1 aromatic carbocycles. The summed E-state index contributed by atoms with van der Waals surface area (Å²) in [5, 5.41) is 6.13. The average Bonchev–Trinajstić information content (AvgIpc) is 3.03. The molecule has 2 N–H and O–H groups in total. The lowest BCUT2D eigenvalue weighted by molar-refractivity contribution is -0.137. The molecule has 124 valence electrons. The molecule has 0 aliphatic heterocycles. The van der Waals surface area contributed by atoms with E-state index in [-0.39, 0.29) is 6.54 Å². The minimum atomic E-state index is -4.33. The quantitative estimate of drug-likeness (QED) is 0.656. The minimum Gasteiger partial charge on any atom is -0.355 e. The molecule has 2 rings (SSSR count). The molecule has 1 heterocycles. The van der Waals surface area contributed by atoms with Crippen LogP contribution in [0, 0.1) is 0 Å². The fourth-order valence-electron chi connectivity index (χ4n) is 2.09. The van der Waals surface area contributed by atoms with Gasteiger partial charge in [-0.1, -0.05) is 12.1 Å². The third-order valence-corrected chi connectivity index (χ3v) is 3.27. The van der Waals surface area contributed by atoms with Gasteiger partial charge in [0.25, 0.3) is 0 Å². The lowest BCUT2D eigenvalue weighted by Crippen LogP contribution is -2.38. The van der Waals surface area contributed by atoms with Gasteiger partial charge in [-0.3, -0.25) is 4.99 Å². The number of nitrogens with zero attached hydrogens (tertiary/aromatic N) is 2. The summed E-state index contributed by atoms with van der Waals surface area (Å²) < 4.78 is 40.0. The van der Waals surface area contributed by atoms with Crippen LogP contribution in [-0.2, 0) is 19.3 Å². The van der Waals surface area contributed by atoms with Gasteiger partial charge in [0.1, 0.15) is 0 Å². The first-order valence-electron chi connectivity index (χ1n) is 7.20. The van der Waals surface area contributed by atoms with E-state index in [4.69, 9.17) is 0 Å². The van der Waals surface area contributed by atoms with E-state index in [1.54, 1.807) is 13.1 Å². The molecule has 2 aromatic rings. The summed E-state index contributed by atoms with van der Waals surface area (Å²) in [6, 6.07) is 9.15. The molecule has 0 fully saturated rings. The molecular formula is C16H19F3N4. The van der Waals surface area contributed by atoms with Gasteiger partial charge >= 0.3 is 6.18 Å². The number of benzene rings is 1. The molecule has 7 heteroatoms. The van der Waals surface area contributed by atoms with Gasteiger partial charge in [-0.25, -0.2) is 0 Å². The van der Waals surface area contributed by atoms with Gasteiger partial charge in [0.2, 0.25) is 0 Å². The Morgan fingerprint density at radius 2 is 1.87 bits per heavy atom. The third kappa shape index (κ3) is 5.36. The van der Waals surface area contributed by atoms with Crippen molar-refractivity contribution in [1.29, 1.82) is 0 Å². The number of halogens is 3.